The van der Waals surface area contributed by atoms with Gasteiger partial charge in [-0.15, -0.1) is 0 Å². The van der Waals surface area contributed by atoms with Crippen molar-refractivity contribution in [2.24, 2.45) is 7.05 Å². The number of methoxy groups -OCH3 is 1. The number of fused-ring (bicyclic) bond motifs is 1. The maximum atomic E-state index is 15.8. The van der Waals surface area contributed by atoms with Crippen molar-refractivity contribution in [2.45, 2.75) is 43.8 Å². The van der Waals surface area contributed by atoms with Gasteiger partial charge in [0.1, 0.15) is 23.1 Å². The molecule has 3 aliphatic rings. The summed E-state index contributed by atoms with van der Waals surface area (Å²) >= 11 is 6.78. The summed E-state index contributed by atoms with van der Waals surface area (Å²) in [5, 5.41) is 13.0. The number of aryl methyl sites for hydroxylation is 1. The molecule has 3 saturated heterocycles. The first-order valence-electron chi connectivity index (χ1n) is 16.8. The molecule has 2 aromatic heterocycles. The number of aromatic amines is 1. The molecular formula is C35H38ClF3N8O4. The number of imide groups is 1. The number of alkyl halides is 2. The summed E-state index contributed by atoms with van der Waals surface area (Å²) in [6.45, 7) is 1.61. The minimum atomic E-state index is -3.00. The van der Waals surface area contributed by atoms with E-state index in [1.165, 1.54) is 17.7 Å². The highest BCUT2D eigenvalue weighted by Crippen LogP contribution is 2.39. The van der Waals surface area contributed by atoms with Crippen LogP contribution in [0, 0.1) is 5.82 Å². The number of anilines is 2. The summed E-state index contributed by atoms with van der Waals surface area (Å²) in [4.78, 5) is 41.3. The van der Waals surface area contributed by atoms with Crippen molar-refractivity contribution in [3.63, 3.8) is 0 Å². The van der Waals surface area contributed by atoms with Crippen molar-refractivity contribution in [1.29, 1.82) is 0 Å². The standard InChI is InChI=1S/C35H38ClF3N8O4/c1-44-17-23(22-16-40-43-32(22)34(44)50)20-13-25(36)24(29(14-20)51-2)18-45-8-7-30(35(38,39)19-45)47-11-9-46(10-12-47)28-5-3-21(15-26(28)37)41-27-4-6-31(48)42-33(27)49/h3,5,13-17,27,30,41H,4,6-12,18-19H2,1-2H3,(H,40,43)(H,42,48,49). The summed E-state index contributed by atoms with van der Waals surface area (Å²) in [6.07, 6.45) is 4.06. The first kappa shape index (κ1) is 34.8. The highest BCUT2D eigenvalue weighted by Gasteiger charge is 2.48. The van der Waals surface area contributed by atoms with Gasteiger partial charge in [-0.1, -0.05) is 11.6 Å². The van der Waals surface area contributed by atoms with Crippen LogP contribution in [-0.4, -0.2) is 101 Å². The number of H-pyrrole nitrogens is 1. The van der Waals surface area contributed by atoms with Crippen molar-refractivity contribution in [1.82, 2.24) is 29.9 Å². The van der Waals surface area contributed by atoms with E-state index in [-0.39, 0.29) is 30.9 Å². The number of ether oxygens (including phenoxy) is 1. The van der Waals surface area contributed by atoms with E-state index in [1.54, 1.807) is 53.5 Å². The lowest BCUT2D eigenvalue weighted by atomic mass is 9.96. The SMILES string of the molecule is COc1cc(-c2cn(C)c(=O)c3[nH]ncc23)cc(Cl)c1CN1CCC(N2CCN(c3ccc(NC4CCC(=O)NC4=O)cc3F)CC2)C(F)(F)C1. The molecule has 12 nitrogen and oxygen atoms in total. The Kier molecular flexibility index (Phi) is 9.46. The number of rotatable bonds is 8. The van der Waals surface area contributed by atoms with Gasteiger partial charge in [0.25, 0.3) is 11.5 Å². The summed E-state index contributed by atoms with van der Waals surface area (Å²) in [6, 6.07) is 6.58. The smallest absolute Gasteiger partial charge is 0.276 e. The zero-order chi connectivity index (χ0) is 36.0. The van der Waals surface area contributed by atoms with Gasteiger partial charge in [0, 0.05) is 86.2 Å². The number of piperazine rings is 1. The Hall–Kier alpha value is -4.60. The Balaban J connectivity index is 0.978. The van der Waals surface area contributed by atoms with Crippen LogP contribution in [0.25, 0.3) is 22.0 Å². The molecule has 4 aromatic rings. The number of benzene rings is 2. The molecule has 3 N–H and O–H groups in total. The highest BCUT2D eigenvalue weighted by molar-refractivity contribution is 6.32. The molecule has 0 radical (unpaired) electrons. The number of halogens is 4. The second-order valence-corrected chi connectivity index (χ2v) is 13.8. The highest BCUT2D eigenvalue weighted by atomic mass is 35.5. The maximum Gasteiger partial charge on any atom is 0.276 e. The number of aromatic nitrogens is 3. The lowest BCUT2D eigenvalue weighted by Crippen LogP contribution is -2.61. The number of likely N-dealkylation sites (tertiary alicyclic amines) is 1. The minimum Gasteiger partial charge on any atom is -0.496 e. The fraction of sp³-hybridized carbons (Fsp3) is 0.429. The topological polar surface area (TPSA) is 128 Å². The van der Waals surface area contributed by atoms with Crippen molar-refractivity contribution < 1.29 is 27.5 Å². The Morgan fingerprint density at radius 2 is 1.86 bits per heavy atom. The van der Waals surface area contributed by atoms with Crippen molar-refractivity contribution >= 4 is 45.7 Å². The predicted octanol–water partition coefficient (Wildman–Crippen LogP) is 3.98. The van der Waals surface area contributed by atoms with Gasteiger partial charge in [-0.05, 0) is 48.7 Å². The molecule has 5 heterocycles. The van der Waals surface area contributed by atoms with Gasteiger partial charge in [0.05, 0.1) is 31.6 Å². The summed E-state index contributed by atoms with van der Waals surface area (Å²) in [5.41, 5.74) is 2.96. The number of carbonyl (C=O) groups excluding carboxylic acids is 2. The molecular weight excluding hydrogens is 689 g/mol. The van der Waals surface area contributed by atoms with Gasteiger partial charge in [0.15, 0.2) is 0 Å². The molecule has 3 fully saturated rings. The third-order valence-electron chi connectivity index (χ3n) is 10.1. The van der Waals surface area contributed by atoms with Gasteiger partial charge in [-0.3, -0.25) is 34.6 Å². The van der Waals surface area contributed by atoms with Crippen LogP contribution < -0.4 is 25.8 Å². The van der Waals surface area contributed by atoms with Crippen LogP contribution in [0.2, 0.25) is 5.02 Å². The molecule has 2 aromatic carbocycles. The summed E-state index contributed by atoms with van der Waals surface area (Å²) in [7, 11) is 3.15. The fourth-order valence-corrected chi connectivity index (χ4v) is 7.72. The average molecular weight is 727 g/mol. The molecule has 7 rings (SSSR count). The normalized spacial score (nSPS) is 21.6. The van der Waals surface area contributed by atoms with E-state index in [0.29, 0.717) is 83.3 Å². The largest absolute Gasteiger partial charge is 0.496 e. The van der Waals surface area contributed by atoms with Gasteiger partial charge in [0.2, 0.25) is 11.8 Å². The zero-order valence-corrected chi connectivity index (χ0v) is 28.9. The van der Waals surface area contributed by atoms with Crippen LogP contribution >= 0.6 is 11.6 Å². The van der Waals surface area contributed by atoms with Crippen LogP contribution in [-0.2, 0) is 23.2 Å². The second kappa shape index (κ2) is 13.8. The molecule has 51 heavy (non-hydrogen) atoms. The van der Waals surface area contributed by atoms with Gasteiger partial charge in [-0.25, -0.2) is 13.2 Å². The van der Waals surface area contributed by atoms with Crippen LogP contribution in [0.3, 0.4) is 0 Å². The number of pyridine rings is 1. The van der Waals surface area contributed by atoms with Crippen molar-refractivity contribution in [3.8, 4) is 16.9 Å². The number of hydrogen-bond acceptors (Lipinski definition) is 9. The lowest BCUT2D eigenvalue weighted by Gasteiger charge is -2.46. The van der Waals surface area contributed by atoms with E-state index in [2.05, 4.69) is 20.8 Å². The van der Waals surface area contributed by atoms with Gasteiger partial charge in [-0.2, -0.15) is 5.10 Å². The molecule has 2 amide bonds. The fourth-order valence-electron chi connectivity index (χ4n) is 7.45. The van der Waals surface area contributed by atoms with Crippen molar-refractivity contribution in [2.75, 3.05) is 56.6 Å². The van der Waals surface area contributed by atoms with E-state index in [0.717, 1.165) is 5.56 Å². The zero-order valence-electron chi connectivity index (χ0n) is 28.1. The molecule has 2 atom stereocenters. The first-order chi connectivity index (χ1) is 24.4. The van der Waals surface area contributed by atoms with Gasteiger partial charge < -0.3 is 19.5 Å². The van der Waals surface area contributed by atoms with Crippen molar-refractivity contribution in [3.05, 3.63) is 69.5 Å². The maximum absolute atomic E-state index is 15.8. The Bertz CT molecular complexity index is 2050. The quantitative estimate of drug-likeness (QED) is 0.231. The number of piperidine rings is 2. The number of carbonyl (C=O) groups is 2. The Morgan fingerprint density at radius 1 is 1.08 bits per heavy atom. The summed E-state index contributed by atoms with van der Waals surface area (Å²) < 4.78 is 54.0. The molecule has 0 bridgehead atoms. The molecule has 0 spiro atoms. The monoisotopic (exact) mass is 726 g/mol. The molecule has 2 unspecified atom stereocenters. The average Bonchev–Trinajstić information content (AvgIpc) is 3.59. The van der Waals surface area contributed by atoms with E-state index in [4.69, 9.17) is 16.3 Å². The number of nitrogens with zero attached hydrogens (tertiary/aromatic N) is 5. The first-order valence-corrected chi connectivity index (χ1v) is 17.2. The summed E-state index contributed by atoms with van der Waals surface area (Å²) in [5.74, 6) is -3.80. The van der Waals surface area contributed by atoms with E-state index >= 15 is 13.2 Å². The predicted molar refractivity (Wildman–Crippen MR) is 187 cm³/mol. The Labute approximate surface area is 296 Å². The molecule has 0 saturated carbocycles. The van der Waals surface area contributed by atoms with E-state index in [9.17, 15) is 14.4 Å². The third-order valence-corrected chi connectivity index (χ3v) is 10.5. The van der Waals surface area contributed by atoms with Crippen LogP contribution in [0.1, 0.15) is 24.8 Å². The molecule has 0 aliphatic carbocycles. The molecule has 3 aliphatic heterocycles. The number of amides is 2. The lowest BCUT2D eigenvalue weighted by molar-refractivity contribution is -0.133. The van der Waals surface area contributed by atoms with Crippen LogP contribution in [0.15, 0.2) is 47.5 Å². The van der Waals surface area contributed by atoms with Crippen LogP contribution in [0.5, 0.6) is 5.75 Å². The second-order valence-electron chi connectivity index (χ2n) is 13.4. The number of hydrogen-bond donors (Lipinski definition) is 3. The number of nitrogens with one attached hydrogen (secondary N) is 3. The molecule has 16 heteroatoms. The Morgan fingerprint density at radius 3 is 2.57 bits per heavy atom. The van der Waals surface area contributed by atoms with E-state index < -0.39 is 36.3 Å². The minimum absolute atomic E-state index is 0.167. The third kappa shape index (κ3) is 6.89. The van der Waals surface area contributed by atoms with Crippen LogP contribution in [0.4, 0.5) is 24.5 Å². The molecule has 270 valence electrons. The van der Waals surface area contributed by atoms with E-state index in [1.807, 2.05) is 4.90 Å². The van der Waals surface area contributed by atoms with Gasteiger partial charge >= 0.3 is 0 Å².